The molecule has 6 heteroatoms. The van der Waals surface area contributed by atoms with Crippen LogP contribution in [0.15, 0.2) is 24.3 Å². The molecular weight excluding hydrogens is 286 g/mol. The lowest BCUT2D eigenvalue weighted by Crippen LogP contribution is -2.31. The first kappa shape index (κ1) is 16.3. The zero-order chi connectivity index (χ0) is 15.9. The number of carbonyl (C=O) groups excluding carboxylic acids is 1. The highest BCUT2D eigenvalue weighted by Crippen LogP contribution is 2.16. The molecule has 2 N–H and O–H groups in total. The van der Waals surface area contributed by atoms with Gasteiger partial charge in [-0.3, -0.25) is 9.59 Å². The number of rotatable bonds is 7. The zero-order valence-corrected chi connectivity index (χ0v) is 12.6. The van der Waals surface area contributed by atoms with Crippen molar-refractivity contribution < 1.29 is 24.2 Å². The van der Waals surface area contributed by atoms with E-state index < -0.39 is 11.9 Å². The number of carboxylic acids is 1. The van der Waals surface area contributed by atoms with Crippen LogP contribution < -0.4 is 10.1 Å². The molecule has 120 valence electrons. The minimum absolute atomic E-state index is 0.103. The first-order chi connectivity index (χ1) is 10.6. The molecule has 1 aromatic rings. The number of carbonyl (C=O) groups is 2. The molecule has 1 fully saturated rings. The molecule has 0 radical (unpaired) electrons. The number of nitrogens with one attached hydrogen (secondary N) is 1. The molecular formula is C16H21NO5. The summed E-state index contributed by atoms with van der Waals surface area (Å²) >= 11 is 0. The van der Waals surface area contributed by atoms with E-state index in [1.807, 2.05) is 0 Å². The van der Waals surface area contributed by atoms with E-state index in [1.165, 1.54) is 0 Å². The Labute approximate surface area is 129 Å². The first-order valence-corrected chi connectivity index (χ1v) is 7.41. The Morgan fingerprint density at radius 2 is 2.14 bits per heavy atom. The van der Waals surface area contributed by atoms with E-state index in [0.717, 1.165) is 19.4 Å². The lowest BCUT2D eigenvalue weighted by atomic mass is 10.1. The molecule has 1 saturated heterocycles. The van der Waals surface area contributed by atoms with E-state index >= 15 is 0 Å². The molecule has 1 aromatic carbocycles. The van der Waals surface area contributed by atoms with Gasteiger partial charge < -0.3 is 19.9 Å². The third kappa shape index (κ3) is 4.73. The number of aliphatic carboxylic acids is 1. The summed E-state index contributed by atoms with van der Waals surface area (Å²) < 4.78 is 11.1. The second kappa shape index (κ2) is 7.79. The number of hydrogen-bond donors (Lipinski definition) is 2. The van der Waals surface area contributed by atoms with Crippen molar-refractivity contribution in [2.24, 2.45) is 5.92 Å². The Morgan fingerprint density at radius 1 is 1.41 bits per heavy atom. The predicted molar refractivity (Wildman–Crippen MR) is 80.0 cm³/mol. The quantitative estimate of drug-likeness (QED) is 0.801. The van der Waals surface area contributed by atoms with Crippen molar-refractivity contribution in [3.05, 3.63) is 29.8 Å². The summed E-state index contributed by atoms with van der Waals surface area (Å²) in [5.74, 6) is -1.15. The largest absolute Gasteiger partial charge is 0.491 e. The molecule has 0 bridgehead atoms. The molecule has 2 unspecified atom stereocenters. The van der Waals surface area contributed by atoms with Gasteiger partial charge in [0.15, 0.2) is 0 Å². The molecule has 0 saturated carbocycles. The van der Waals surface area contributed by atoms with Crippen LogP contribution in [0.25, 0.3) is 0 Å². The number of amides is 1. The van der Waals surface area contributed by atoms with E-state index in [-0.39, 0.29) is 18.6 Å². The highest BCUT2D eigenvalue weighted by Gasteiger charge is 2.16. The molecule has 6 nitrogen and oxygen atoms in total. The number of hydrogen-bond acceptors (Lipinski definition) is 4. The van der Waals surface area contributed by atoms with E-state index in [4.69, 9.17) is 14.6 Å². The van der Waals surface area contributed by atoms with Crippen LogP contribution in [0.4, 0.5) is 0 Å². The molecule has 2 rings (SSSR count). The van der Waals surface area contributed by atoms with Crippen LogP contribution in [0.1, 0.15) is 30.1 Å². The fourth-order valence-electron chi connectivity index (χ4n) is 2.10. The molecule has 1 aliphatic heterocycles. The molecule has 22 heavy (non-hydrogen) atoms. The highest BCUT2D eigenvalue weighted by molar-refractivity contribution is 5.94. The van der Waals surface area contributed by atoms with Crippen molar-refractivity contribution in [2.45, 2.75) is 25.9 Å². The molecule has 0 aromatic heterocycles. The smallest absolute Gasteiger partial charge is 0.308 e. The molecule has 2 atom stereocenters. The summed E-state index contributed by atoms with van der Waals surface area (Å²) in [6.07, 6.45) is 2.24. The maximum atomic E-state index is 11.9. The average Bonchev–Trinajstić information content (AvgIpc) is 3.04. The van der Waals surface area contributed by atoms with Gasteiger partial charge in [-0.2, -0.15) is 0 Å². The third-order valence-electron chi connectivity index (χ3n) is 3.57. The lowest BCUT2D eigenvalue weighted by molar-refractivity contribution is -0.140. The highest BCUT2D eigenvalue weighted by atomic mass is 16.5. The van der Waals surface area contributed by atoms with Gasteiger partial charge in [0.2, 0.25) is 0 Å². The monoisotopic (exact) mass is 307 g/mol. The fourth-order valence-corrected chi connectivity index (χ4v) is 2.10. The van der Waals surface area contributed by atoms with Crippen molar-refractivity contribution in [2.75, 3.05) is 19.8 Å². The summed E-state index contributed by atoms with van der Waals surface area (Å²) in [4.78, 5) is 22.6. The Balaban J connectivity index is 1.80. The van der Waals surface area contributed by atoms with Crippen LogP contribution in [-0.2, 0) is 9.53 Å². The standard InChI is InChI=1S/C16H21NO5/c1-11(16(19)20)9-17-15(18)12-4-6-13(7-5-12)22-10-14-3-2-8-21-14/h4-7,11,14H,2-3,8-10H2,1H3,(H,17,18)(H,19,20). The predicted octanol–water partition coefficient (Wildman–Crippen LogP) is 1.69. The van der Waals surface area contributed by atoms with Gasteiger partial charge in [-0.1, -0.05) is 6.92 Å². The molecule has 1 heterocycles. The summed E-state index contributed by atoms with van der Waals surface area (Å²) in [7, 11) is 0. The minimum Gasteiger partial charge on any atom is -0.491 e. The maximum absolute atomic E-state index is 11.9. The SMILES string of the molecule is CC(CNC(=O)c1ccc(OCC2CCCO2)cc1)C(=O)O. The van der Waals surface area contributed by atoms with Gasteiger partial charge in [0, 0.05) is 18.7 Å². The van der Waals surface area contributed by atoms with E-state index in [2.05, 4.69) is 5.32 Å². The van der Waals surface area contributed by atoms with Crippen molar-refractivity contribution in [3.8, 4) is 5.75 Å². The summed E-state index contributed by atoms with van der Waals surface area (Å²) in [6.45, 7) is 2.96. The molecule has 0 spiro atoms. The van der Waals surface area contributed by atoms with Gasteiger partial charge in [0.25, 0.3) is 5.91 Å². The Kier molecular flexibility index (Phi) is 5.77. The van der Waals surface area contributed by atoms with Crippen LogP contribution in [0.3, 0.4) is 0 Å². The van der Waals surface area contributed by atoms with Gasteiger partial charge in [-0.05, 0) is 37.1 Å². The summed E-state index contributed by atoms with van der Waals surface area (Å²) in [6, 6.07) is 6.77. The van der Waals surface area contributed by atoms with Crippen molar-refractivity contribution >= 4 is 11.9 Å². The van der Waals surface area contributed by atoms with E-state index in [1.54, 1.807) is 31.2 Å². The summed E-state index contributed by atoms with van der Waals surface area (Å²) in [5.41, 5.74) is 0.474. The van der Waals surface area contributed by atoms with Gasteiger partial charge in [-0.15, -0.1) is 0 Å². The van der Waals surface area contributed by atoms with Gasteiger partial charge in [-0.25, -0.2) is 0 Å². The third-order valence-corrected chi connectivity index (χ3v) is 3.57. The number of ether oxygens (including phenoxy) is 2. The van der Waals surface area contributed by atoms with Crippen LogP contribution in [-0.4, -0.2) is 42.8 Å². The first-order valence-electron chi connectivity index (χ1n) is 7.41. The van der Waals surface area contributed by atoms with Gasteiger partial charge in [0.05, 0.1) is 12.0 Å². The fraction of sp³-hybridized carbons (Fsp3) is 0.500. The van der Waals surface area contributed by atoms with E-state index in [0.29, 0.717) is 17.9 Å². The topological polar surface area (TPSA) is 84.9 Å². The zero-order valence-electron chi connectivity index (χ0n) is 12.6. The van der Waals surface area contributed by atoms with Gasteiger partial charge >= 0.3 is 5.97 Å². The van der Waals surface area contributed by atoms with Crippen LogP contribution in [0.2, 0.25) is 0 Å². The van der Waals surface area contributed by atoms with E-state index in [9.17, 15) is 9.59 Å². The maximum Gasteiger partial charge on any atom is 0.308 e. The van der Waals surface area contributed by atoms with Crippen LogP contribution in [0, 0.1) is 5.92 Å². The molecule has 1 amide bonds. The second-order valence-corrected chi connectivity index (χ2v) is 5.42. The normalized spacial score (nSPS) is 18.7. The Hall–Kier alpha value is -2.08. The van der Waals surface area contributed by atoms with Crippen molar-refractivity contribution in [1.82, 2.24) is 5.32 Å². The van der Waals surface area contributed by atoms with Crippen molar-refractivity contribution in [1.29, 1.82) is 0 Å². The van der Waals surface area contributed by atoms with Gasteiger partial charge in [0.1, 0.15) is 12.4 Å². The summed E-state index contributed by atoms with van der Waals surface area (Å²) in [5, 5.41) is 11.4. The Bertz CT molecular complexity index is 508. The van der Waals surface area contributed by atoms with Crippen LogP contribution >= 0.6 is 0 Å². The number of benzene rings is 1. The van der Waals surface area contributed by atoms with Crippen molar-refractivity contribution in [3.63, 3.8) is 0 Å². The number of carboxylic acid groups (broad SMARTS) is 1. The minimum atomic E-state index is -0.932. The average molecular weight is 307 g/mol. The van der Waals surface area contributed by atoms with Crippen LogP contribution in [0.5, 0.6) is 5.75 Å². The molecule has 0 aliphatic carbocycles. The molecule has 1 aliphatic rings. The second-order valence-electron chi connectivity index (χ2n) is 5.42. The Morgan fingerprint density at radius 3 is 2.73 bits per heavy atom. The lowest BCUT2D eigenvalue weighted by Gasteiger charge is -2.12.